The van der Waals surface area contributed by atoms with Gasteiger partial charge in [-0.1, -0.05) is 115 Å². The summed E-state index contributed by atoms with van der Waals surface area (Å²) in [6.07, 6.45) is 0. The van der Waals surface area contributed by atoms with E-state index in [0.717, 1.165) is 49.5 Å². The average Bonchev–Trinajstić information content (AvgIpc) is 3.72. The summed E-state index contributed by atoms with van der Waals surface area (Å²) < 4.78 is 3.53. The van der Waals surface area contributed by atoms with Gasteiger partial charge in [-0.05, 0) is 36.4 Å². The number of hydrogen-bond donors (Lipinski definition) is 0. The summed E-state index contributed by atoms with van der Waals surface area (Å²) in [4.78, 5) is 20.2. The normalized spacial score (nSPS) is 11.5. The highest BCUT2D eigenvalue weighted by molar-refractivity contribution is 7.21. The van der Waals surface area contributed by atoms with Gasteiger partial charge in [-0.2, -0.15) is 0 Å². The number of aromatic nitrogens is 5. The van der Waals surface area contributed by atoms with Crippen LogP contribution in [0.4, 0.5) is 0 Å². The van der Waals surface area contributed by atoms with Crippen LogP contribution in [0.3, 0.4) is 0 Å². The van der Waals surface area contributed by atoms with E-state index in [-0.39, 0.29) is 0 Å². The van der Waals surface area contributed by atoms with E-state index in [1.54, 1.807) is 11.3 Å². The monoisotopic (exact) mass is 607 g/mol. The molecule has 3 aromatic heterocycles. The molecule has 9 aromatic rings. The van der Waals surface area contributed by atoms with Crippen molar-refractivity contribution in [3.05, 3.63) is 152 Å². The van der Waals surface area contributed by atoms with Crippen molar-refractivity contribution >= 4 is 43.4 Å². The SMILES string of the molecule is c1ccc(-c2nc(-c3ccccc3)nc(-c3ccccc3-n3c4ccccc4c4cccc(-c5nc6ccccc6s5)c43)n2)cc1. The van der Waals surface area contributed by atoms with Crippen molar-refractivity contribution in [2.45, 2.75) is 0 Å². The number of rotatable bonds is 5. The fourth-order valence-corrected chi connectivity index (χ4v) is 7.21. The molecule has 0 atom stereocenters. The van der Waals surface area contributed by atoms with Crippen molar-refractivity contribution in [3.63, 3.8) is 0 Å². The van der Waals surface area contributed by atoms with E-state index in [1.165, 1.54) is 15.5 Å². The molecule has 3 heterocycles. The van der Waals surface area contributed by atoms with Crippen LogP contribution in [0.15, 0.2) is 152 Å². The van der Waals surface area contributed by atoms with Crippen LogP contribution in [0, 0.1) is 0 Å². The van der Waals surface area contributed by atoms with Gasteiger partial charge in [0.15, 0.2) is 17.5 Å². The number of para-hydroxylation sites is 4. The molecular weight excluding hydrogens is 583 g/mol. The summed E-state index contributed by atoms with van der Waals surface area (Å²) in [6.45, 7) is 0. The van der Waals surface area contributed by atoms with Gasteiger partial charge in [0.25, 0.3) is 0 Å². The minimum Gasteiger partial charge on any atom is -0.308 e. The van der Waals surface area contributed by atoms with Gasteiger partial charge < -0.3 is 4.57 Å². The van der Waals surface area contributed by atoms with Gasteiger partial charge in [-0.3, -0.25) is 0 Å². The summed E-state index contributed by atoms with van der Waals surface area (Å²) in [7, 11) is 0. The van der Waals surface area contributed by atoms with Gasteiger partial charge in [0.1, 0.15) is 5.01 Å². The lowest BCUT2D eigenvalue weighted by Crippen LogP contribution is -2.03. The third kappa shape index (κ3) is 4.38. The summed E-state index contributed by atoms with van der Waals surface area (Å²) in [5.41, 5.74) is 8.11. The van der Waals surface area contributed by atoms with Gasteiger partial charge in [-0.15, -0.1) is 11.3 Å². The molecule has 0 N–H and O–H groups in total. The molecule has 0 fully saturated rings. The first-order valence-corrected chi connectivity index (χ1v) is 16.0. The molecule has 0 saturated carbocycles. The Labute approximate surface area is 269 Å². The molecule has 0 amide bonds. The molecule has 216 valence electrons. The maximum atomic E-state index is 5.09. The molecule has 0 aliphatic rings. The second-order valence-electron chi connectivity index (χ2n) is 11.1. The molecule has 5 nitrogen and oxygen atoms in total. The Balaban J connectivity index is 1.34. The quantitative estimate of drug-likeness (QED) is 0.195. The lowest BCUT2D eigenvalue weighted by atomic mass is 10.1. The molecule has 6 aromatic carbocycles. The third-order valence-corrected chi connectivity index (χ3v) is 9.37. The van der Waals surface area contributed by atoms with E-state index in [4.69, 9.17) is 19.9 Å². The van der Waals surface area contributed by atoms with Crippen molar-refractivity contribution in [2.75, 3.05) is 0 Å². The molecule has 6 heteroatoms. The Kier molecular flexibility index (Phi) is 6.25. The highest BCUT2D eigenvalue weighted by Gasteiger charge is 2.22. The maximum Gasteiger partial charge on any atom is 0.166 e. The van der Waals surface area contributed by atoms with Gasteiger partial charge in [0.05, 0.1) is 26.9 Å². The fourth-order valence-electron chi connectivity index (χ4n) is 6.22. The van der Waals surface area contributed by atoms with E-state index in [1.807, 2.05) is 66.7 Å². The first kappa shape index (κ1) is 26.4. The van der Waals surface area contributed by atoms with Crippen molar-refractivity contribution in [2.24, 2.45) is 0 Å². The minimum absolute atomic E-state index is 0.617. The largest absolute Gasteiger partial charge is 0.308 e. The molecule has 9 rings (SSSR count). The zero-order valence-corrected chi connectivity index (χ0v) is 25.4. The zero-order valence-electron chi connectivity index (χ0n) is 24.6. The number of nitrogens with zero attached hydrogens (tertiary/aromatic N) is 5. The highest BCUT2D eigenvalue weighted by atomic mass is 32.1. The second-order valence-corrected chi connectivity index (χ2v) is 12.1. The number of fused-ring (bicyclic) bond motifs is 4. The van der Waals surface area contributed by atoms with Crippen LogP contribution in [0.2, 0.25) is 0 Å². The molecule has 0 saturated heterocycles. The summed E-state index contributed by atoms with van der Waals surface area (Å²) in [6, 6.07) is 52.0. The molecular formula is C40H25N5S. The Morgan fingerprint density at radius 1 is 0.435 bits per heavy atom. The maximum absolute atomic E-state index is 5.09. The first-order valence-electron chi connectivity index (χ1n) is 15.2. The van der Waals surface area contributed by atoms with Gasteiger partial charge in [0, 0.05) is 33.0 Å². The van der Waals surface area contributed by atoms with Gasteiger partial charge >= 0.3 is 0 Å². The van der Waals surface area contributed by atoms with Gasteiger partial charge in [0.2, 0.25) is 0 Å². The van der Waals surface area contributed by atoms with Crippen LogP contribution in [0.25, 0.3) is 82.4 Å². The fraction of sp³-hybridized carbons (Fsp3) is 0. The predicted octanol–water partition coefficient (Wildman–Crippen LogP) is 10.2. The Bertz CT molecular complexity index is 2440. The van der Waals surface area contributed by atoms with Crippen LogP contribution in [-0.4, -0.2) is 24.5 Å². The van der Waals surface area contributed by atoms with E-state index in [9.17, 15) is 0 Å². The van der Waals surface area contributed by atoms with Crippen LogP contribution >= 0.6 is 11.3 Å². The molecule has 0 aliphatic heterocycles. The van der Waals surface area contributed by atoms with E-state index >= 15 is 0 Å². The molecule has 0 bridgehead atoms. The lowest BCUT2D eigenvalue weighted by Gasteiger charge is -2.15. The second kappa shape index (κ2) is 10.9. The van der Waals surface area contributed by atoms with E-state index < -0.39 is 0 Å². The number of thiazole rings is 1. The molecule has 0 aliphatic carbocycles. The van der Waals surface area contributed by atoms with Crippen LogP contribution < -0.4 is 0 Å². The Morgan fingerprint density at radius 2 is 1.02 bits per heavy atom. The zero-order chi connectivity index (χ0) is 30.5. The Morgan fingerprint density at radius 3 is 1.78 bits per heavy atom. The summed E-state index contributed by atoms with van der Waals surface area (Å²) in [5, 5.41) is 3.35. The minimum atomic E-state index is 0.617. The first-order chi connectivity index (χ1) is 22.8. The smallest absolute Gasteiger partial charge is 0.166 e. The summed E-state index contributed by atoms with van der Waals surface area (Å²) >= 11 is 1.72. The van der Waals surface area contributed by atoms with Crippen LogP contribution in [-0.2, 0) is 0 Å². The highest BCUT2D eigenvalue weighted by Crippen LogP contribution is 2.42. The predicted molar refractivity (Wildman–Crippen MR) is 189 cm³/mol. The van der Waals surface area contributed by atoms with E-state index in [0.29, 0.717) is 17.5 Å². The number of hydrogen-bond acceptors (Lipinski definition) is 5. The molecule has 0 unspecified atom stereocenters. The average molecular weight is 608 g/mol. The van der Waals surface area contributed by atoms with E-state index in [2.05, 4.69) is 89.5 Å². The molecule has 0 radical (unpaired) electrons. The van der Waals surface area contributed by atoms with Crippen molar-refractivity contribution in [1.29, 1.82) is 0 Å². The topological polar surface area (TPSA) is 56.5 Å². The lowest BCUT2D eigenvalue weighted by molar-refractivity contribution is 1.06. The van der Waals surface area contributed by atoms with Gasteiger partial charge in [-0.25, -0.2) is 19.9 Å². The van der Waals surface area contributed by atoms with Crippen molar-refractivity contribution in [1.82, 2.24) is 24.5 Å². The Hall–Kier alpha value is -5.98. The molecule has 46 heavy (non-hydrogen) atoms. The standard InChI is InChI=1S/C40H25N5S/c1-3-14-26(15-4-1)37-42-38(27-16-5-2-6-17-27)44-39(43-37)30-19-8-11-24-34(30)45-33-23-10-7-18-28(33)29-20-13-21-31(36(29)45)40-41-32-22-9-12-25-35(32)46-40/h1-25H. The van der Waals surface area contributed by atoms with Crippen LogP contribution in [0.1, 0.15) is 0 Å². The van der Waals surface area contributed by atoms with Crippen molar-refractivity contribution < 1.29 is 0 Å². The van der Waals surface area contributed by atoms with Crippen molar-refractivity contribution in [3.8, 4) is 50.4 Å². The number of benzene rings is 6. The third-order valence-electron chi connectivity index (χ3n) is 8.30. The summed E-state index contributed by atoms with van der Waals surface area (Å²) in [5.74, 6) is 1.89. The van der Waals surface area contributed by atoms with Crippen LogP contribution in [0.5, 0.6) is 0 Å². The molecule has 0 spiro atoms.